The molecular weight excluding hydrogens is 371 g/mol. The number of amides is 1. The predicted octanol–water partition coefficient (Wildman–Crippen LogP) is 3.02. The second kappa shape index (κ2) is 8.06. The van der Waals surface area contributed by atoms with Crippen LogP contribution in [-0.2, 0) is 14.8 Å². The van der Waals surface area contributed by atoms with Crippen LogP contribution in [0, 0.1) is 5.82 Å². The van der Waals surface area contributed by atoms with E-state index in [1.165, 1.54) is 16.4 Å². The molecule has 1 atom stereocenters. The van der Waals surface area contributed by atoms with E-state index in [1.807, 2.05) is 6.92 Å². The minimum atomic E-state index is -3.87. The smallest absolute Gasteiger partial charge is 0.243 e. The Kier molecular flexibility index (Phi) is 5.76. The molecular formula is C19H21FN2O4S. The van der Waals surface area contributed by atoms with Crippen molar-refractivity contribution in [2.45, 2.75) is 30.7 Å². The molecule has 1 fully saturated rings. The monoisotopic (exact) mass is 392 g/mol. The second-order valence-corrected chi connectivity index (χ2v) is 8.06. The molecule has 1 N–H and O–H groups in total. The number of hydrogen-bond donors (Lipinski definition) is 1. The van der Waals surface area contributed by atoms with Crippen molar-refractivity contribution in [3.8, 4) is 5.75 Å². The summed E-state index contributed by atoms with van der Waals surface area (Å²) in [7, 11) is -3.87. The van der Waals surface area contributed by atoms with Gasteiger partial charge in [-0.3, -0.25) is 4.79 Å². The third-order valence-corrected chi connectivity index (χ3v) is 6.28. The van der Waals surface area contributed by atoms with Crippen molar-refractivity contribution in [2.75, 3.05) is 18.5 Å². The van der Waals surface area contributed by atoms with Crippen molar-refractivity contribution >= 4 is 21.6 Å². The van der Waals surface area contributed by atoms with Gasteiger partial charge in [0.1, 0.15) is 17.6 Å². The second-order valence-electron chi connectivity index (χ2n) is 6.17. The van der Waals surface area contributed by atoms with E-state index >= 15 is 0 Å². The molecule has 1 aliphatic heterocycles. The van der Waals surface area contributed by atoms with Crippen molar-refractivity contribution in [3.05, 3.63) is 54.3 Å². The molecule has 0 spiro atoms. The average molecular weight is 392 g/mol. The van der Waals surface area contributed by atoms with E-state index < -0.39 is 21.9 Å². The highest BCUT2D eigenvalue weighted by molar-refractivity contribution is 7.89. The number of hydrogen-bond acceptors (Lipinski definition) is 4. The van der Waals surface area contributed by atoms with Crippen LogP contribution in [0.4, 0.5) is 10.1 Å². The summed E-state index contributed by atoms with van der Waals surface area (Å²) in [6.07, 6.45) is 1.02. The molecule has 3 rings (SSSR count). The predicted molar refractivity (Wildman–Crippen MR) is 99.6 cm³/mol. The number of halogens is 1. The van der Waals surface area contributed by atoms with Gasteiger partial charge < -0.3 is 10.1 Å². The number of ether oxygens (including phenoxy) is 1. The van der Waals surface area contributed by atoms with Crippen LogP contribution in [0.5, 0.6) is 5.75 Å². The zero-order valence-electron chi connectivity index (χ0n) is 14.9. The summed E-state index contributed by atoms with van der Waals surface area (Å²) in [4.78, 5) is 12.6. The van der Waals surface area contributed by atoms with Crippen LogP contribution >= 0.6 is 0 Å². The highest BCUT2D eigenvalue weighted by Gasteiger charge is 2.39. The number of anilines is 1. The molecule has 8 heteroatoms. The Labute approximate surface area is 158 Å². The maximum absolute atomic E-state index is 13.1. The molecule has 0 radical (unpaired) electrons. The summed E-state index contributed by atoms with van der Waals surface area (Å²) >= 11 is 0. The molecule has 0 saturated carbocycles. The maximum atomic E-state index is 13.1. The van der Waals surface area contributed by atoms with E-state index in [0.717, 1.165) is 12.1 Å². The van der Waals surface area contributed by atoms with E-state index in [-0.39, 0.29) is 17.3 Å². The number of carbonyl (C=O) groups is 1. The zero-order valence-corrected chi connectivity index (χ0v) is 15.7. The van der Waals surface area contributed by atoms with Gasteiger partial charge in [-0.15, -0.1) is 0 Å². The van der Waals surface area contributed by atoms with Crippen LogP contribution in [0.25, 0.3) is 0 Å². The van der Waals surface area contributed by atoms with Crippen LogP contribution in [0.3, 0.4) is 0 Å². The van der Waals surface area contributed by atoms with E-state index in [1.54, 1.807) is 24.3 Å². The summed E-state index contributed by atoms with van der Waals surface area (Å²) in [6.45, 7) is 2.68. The van der Waals surface area contributed by atoms with Crippen LogP contribution in [0.2, 0.25) is 0 Å². The topological polar surface area (TPSA) is 75.7 Å². The normalized spacial score (nSPS) is 17.6. The molecule has 6 nitrogen and oxygen atoms in total. The zero-order chi connectivity index (χ0) is 19.4. The largest absolute Gasteiger partial charge is 0.494 e. The van der Waals surface area contributed by atoms with Gasteiger partial charge in [0.15, 0.2) is 0 Å². The van der Waals surface area contributed by atoms with Crippen molar-refractivity contribution in [3.63, 3.8) is 0 Å². The van der Waals surface area contributed by atoms with Crippen LogP contribution in [-0.4, -0.2) is 37.8 Å². The Balaban J connectivity index is 1.75. The Hall–Kier alpha value is -2.45. The van der Waals surface area contributed by atoms with Gasteiger partial charge in [-0.25, -0.2) is 12.8 Å². The fraction of sp³-hybridized carbons (Fsp3) is 0.316. The van der Waals surface area contributed by atoms with E-state index in [4.69, 9.17) is 4.74 Å². The third-order valence-electron chi connectivity index (χ3n) is 4.36. The molecule has 1 amide bonds. The first-order valence-corrected chi connectivity index (χ1v) is 10.2. The van der Waals surface area contributed by atoms with E-state index in [2.05, 4.69) is 5.32 Å². The number of carbonyl (C=O) groups excluding carboxylic acids is 1. The average Bonchev–Trinajstić information content (AvgIpc) is 3.15. The third kappa shape index (κ3) is 4.28. The molecule has 0 unspecified atom stereocenters. The highest BCUT2D eigenvalue weighted by atomic mass is 32.2. The minimum Gasteiger partial charge on any atom is -0.494 e. The summed E-state index contributed by atoms with van der Waals surface area (Å²) < 4.78 is 45.3. The maximum Gasteiger partial charge on any atom is 0.243 e. The van der Waals surface area contributed by atoms with Crippen LogP contribution < -0.4 is 10.1 Å². The van der Waals surface area contributed by atoms with Crippen LogP contribution in [0.15, 0.2) is 53.4 Å². The summed E-state index contributed by atoms with van der Waals surface area (Å²) in [5, 5.41) is 2.76. The van der Waals surface area contributed by atoms with Crippen molar-refractivity contribution in [2.24, 2.45) is 0 Å². The van der Waals surface area contributed by atoms with Gasteiger partial charge >= 0.3 is 0 Å². The fourth-order valence-electron chi connectivity index (χ4n) is 3.06. The molecule has 2 aromatic rings. The number of rotatable bonds is 6. The first kappa shape index (κ1) is 19.3. The van der Waals surface area contributed by atoms with E-state index in [9.17, 15) is 17.6 Å². The van der Waals surface area contributed by atoms with Gasteiger partial charge in [-0.2, -0.15) is 4.31 Å². The number of nitrogens with one attached hydrogen (secondary N) is 1. The molecule has 0 aliphatic carbocycles. The van der Waals surface area contributed by atoms with Gasteiger partial charge in [-0.05, 0) is 68.3 Å². The molecule has 1 aliphatic rings. The molecule has 2 aromatic carbocycles. The lowest BCUT2D eigenvalue weighted by Crippen LogP contribution is -2.43. The molecule has 27 heavy (non-hydrogen) atoms. The first-order chi connectivity index (χ1) is 12.9. The lowest BCUT2D eigenvalue weighted by atomic mass is 10.2. The SMILES string of the molecule is CCOc1ccc(NC(=O)[C@@H]2CCCN2S(=O)(=O)c2ccc(F)cc2)cc1. The van der Waals surface area contributed by atoms with Crippen molar-refractivity contribution in [1.82, 2.24) is 4.31 Å². The quantitative estimate of drug-likeness (QED) is 0.820. The van der Waals surface area contributed by atoms with Gasteiger partial charge in [0.2, 0.25) is 15.9 Å². The van der Waals surface area contributed by atoms with Crippen molar-refractivity contribution in [1.29, 1.82) is 0 Å². The Bertz CT molecular complexity index is 898. The van der Waals surface area contributed by atoms with Gasteiger partial charge in [0, 0.05) is 12.2 Å². The Morgan fingerprint density at radius 3 is 2.48 bits per heavy atom. The van der Waals surface area contributed by atoms with Gasteiger partial charge in [0.05, 0.1) is 11.5 Å². The van der Waals surface area contributed by atoms with Gasteiger partial charge in [0.25, 0.3) is 0 Å². The highest BCUT2D eigenvalue weighted by Crippen LogP contribution is 2.27. The number of sulfonamides is 1. The Morgan fingerprint density at radius 2 is 1.85 bits per heavy atom. The van der Waals surface area contributed by atoms with E-state index in [0.29, 0.717) is 30.9 Å². The minimum absolute atomic E-state index is 0.0235. The summed E-state index contributed by atoms with van der Waals surface area (Å²) in [5.74, 6) is -0.209. The number of benzene rings is 2. The number of nitrogens with zero attached hydrogens (tertiary/aromatic N) is 1. The summed E-state index contributed by atoms with van der Waals surface area (Å²) in [5.41, 5.74) is 0.564. The lowest BCUT2D eigenvalue weighted by molar-refractivity contribution is -0.119. The molecule has 0 bridgehead atoms. The molecule has 1 saturated heterocycles. The molecule has 0 aromatic heterocycles. The van der Waals surface area contributed by atoms with Gasteiger partial charge in [-0.1, -0.05) is 0 Å². The lowest BCUT2D eigenvalue weighted by Gasteiger charge is -2.23. The fourth-order valence-corrected chi connectivity index (χ4v) is 4.71. The Morgan fingerprint density at radius 1 is 1.19 bits per heavy atom. The van der Waals surface area contributed by atoms with Crippen molar-refractivity contribution < 1.29 is 22.3 Å². The van der Waals surface area contributed by atoms with Crippen LogP contribution in [0.1, 0.15) is 19.8 Å². The standard InChI is InChI=1S/C19H21FN2O4S/c1-2-26-16-9-7-15(8-10-16)21-19(23)18-4-3-13-22(18)27(24,25)17-11-5-14(20)6-12-17/h5-12,18H,2-4,13H2,1H3,(H,21,23)/t18-/m0/s1. The molecule has 144 valence electrons. The first-order valence-electron chi connectivity index (χ1n) is 8.73. The molecule has 1 heterocycles. The summed E-state index contributed by atoms with van der Waals surface area (Å²) in [6, 6.07) is 10.7.